The normalized spacial score (nSPS) is 17.7. The van der Waals surface area contributed by atoms with E-state index < -0.39 is 16.1 Å². The van der Waals surface area contributed by atoms with Crippen LogP contribution in [0, 0.1) is 0 Å². The molecule has 3 rings (SSSR count). The summed E-state index contributed by atoms with van der Waals surface area (Å²) in [5.41, 5.74) is 0.546. The maximum Gasteiger partial charge on any atom is 0.265 e. The molecular weight excluding hydrogens is 328 g/mol. The van der Waals surface area contributed by atoms with Gasteiger partial charge in [0.25, 0.3) is 10.0 Å². The van der Waals surface area contributed by atoms with Crippen molar-refractivity contribution in [2.24, 2.45) is 0 Å². The van der Waals surface area contributed by atoms with Crippen LogP contribution in [-0.2, 0) is 19.6 Å². The molecule has 24 heavy (non-hydrogen) atoms. The Labute approximate surface area is 141 Å². The highest BCUT2D eigenvalue weighted by Gasteiger charge is 2.40. The molecule has 0 radical (unpaired) electrons. The van der Waals surface area contributed by atoms with Crippen LogP contribution in [0.25, 0.3) is 10.8 Å². The zero-order valence-electron chi connectivity index (χ0n) is 13.8. The van der Waals surface area contributed by atoms with E-state index in [4.69, 9.17) is 4.74 Å². The van der Waals surface area contributed by atoms with Gasteiger partial charge in [-0.3, -0.25) is 9.10 Å². The average Bonchev–Trinajstić information content (AvgIpc) is 2.76. The number of sulfonamides is 1. The fraction of sp³-hybridized carbons (Fsp3) is 0.353. The van der Waals surface area contributed by atoms with E-state index in [-0.39, 0.29) is 16.8 Å². The molecule has 2 aromatic carbocycles. The fourth-order valence-electron chi connectivity index (χ4n) is 3.10. The lowest BCUT2D eigenvalue weighted by Crippen LogP contribution is -2.49. The van der Waals surface area contributed by atoms with Gasteiger partial charge < -0.3 is 10.1 Å². The van der Waals surface area contributed by atoms with Crippen molar-refractivity contribution in [3.63, 3.8) is 0 Å². The molecule has 2 aromatic rings. The minimum absolute atomic E-state index is 0.201. The lowest BCUT2D eigenvalue weighted by molar-refractivity contribution is -0.122. The third-order valence-electron chi connectivity index (χ3n) is 4.16. The van der Waals surface area contributed by atoms with Crippen molar-refractivity contribution in [1.82, 2.24) is 5.32 Å². The number of nitrogens with one attached hydrogen (secondary N) is 1. The largest absolute Gasteiger partial charge is 0.383 e. The van der Waals surface area contributed by atoms with Crippen LogP contribution in [0.5, 0.6) is 0 Å². The maximum absolute atomic E-state index is 12.9. The minimum Gasteiger partial charge on any atom is -0.383 e. The fourth-order valence-corrected chi connectivity index (χ4v) is 4.97. The van der Waals surface area contributed by atoms with Gasteiger partial charge in [0.15, 0.2) is 0 Å². The number of benzene rings is 2. The number of hydrogen-bond donors (Lipinski definition) is 1. The van der Waals surface area contributed by atoms with Gasteiger partial charge in [-0.15, -0.1) is 0 Å². The molecule has 6 nitrogen and oxygen atoms in total. The van der Waals surface area contributed by atoms with Crippen LogP contribution in [0.4, 0.5) is 5.69 Å². The van der Waals surface area contributed by atoms with Crippen LogP contribution in [0.1, 0.15) is 13.8 Å². The molecule has 0 unspecified atom stereocenters. The van der Waals surface area contributed by atoms with Crippen molar-refractivity contribution in [3.8, 4) is 0 Å². The average molecular weight is 348 g/mol. The highest BCUT2D eigenvalue weighted by atomic mass is 32.2. The zero-order chi connectivity index (χ0) is 17.5. The Bertz CT molecular complexity index is 889. The zero-order valence-corrected chi connectivity index (χ0v) is 14.6. The van der Waals surface area contributed by atoms with Crippen LogP contribution >= 0.6 is 0 Å². The second-order valence-corrected chi connectivity index (χ2v) is 7.76. The molecule has 1 amide bonds. The maximum atomic E-state index is 12.9. The van der Waals surface area contributed by atoms with E-state index in [1.165, 1.54) is 4.31 Å². The van der Waals surface area contributed by atoms with Gasteiger partial charge in [0, 0.05) is 18.5 Å². The molecule has 1 heterocycles. The minimum atomic E-state index is -3.75. The molecule has 1 aliphatic heterocycles. The van der Waals surface area contributed by atoms with Gasteiger partial charge in [-0.25, -0.2) is 8.42 Å². The van der Waals surface area contributed by atoms with Crippen molar-refractivity contribution in [3.05, 3.63) is 36.4 Å². The van der Waals surface area contributed by atoms with E-state index in [1.54, 1.807) is 38.3 Å². The number of carbonyl (C=O) groups is 1. The Morgan fingerprint density at radius 2 is 1.88 bits per heavy atom. The molecule has 7 heteroatoms. The highest BCUT2D eigenvalue weighted by molar-refractivity contribution is 7.93. The van der Waals surface area contributed by atoms with Gasteiger partial charge >= 0.3 is 0 Å². The van der Waals surface area contributed by atoms with Crippen molar-refractivity contribution >= 4 is 32.4 Å². The van der Waals surface area contributed by atoms with E-state index in [0.717, 1.165) is 5.39 Å². The molecule has 2 atom stereocenters. The van der Waals surface area contributed by atoms with Crippen molar-refractivity contribution in [2.75, 3.05) is 18.0 Å². The number of amides is 1. The molecule has 1 N–H and O–H groups in total. The van der Waals surface area contributed by atoms with Gasteiger partial charge in [0.2, 0.25) is 5.91 Å². The second-order valence-electron chi connectivity index (χ2n) is 5.97. The summed E-state index contributed by atoms with van der Waals surface area (Å²) in [7, 11) is -2.20. The summed E-state index contributed by atoms with van der Waals surface area (Å²) in [5.74, 6) is -0.354. The summed E-state index contributed by atoms with van der Waals surface area (Å²) in [6, 6.07) is 9.51. The van der Waals surface area contributed by atoms with E-state index in [1.807, 2.05) is 19.1 Å². The third kappa shape index (κ3) is 2.53. The van der Waals surface area contributed by atoms with E-state index in [9.17, 15) is 13.2 Å². The molecule has 0 fully saturated rings. The Hall–Kier alpha value is -2.12. The first kappa shape index (κ1) is 16.7. The quantitative estimate of drug-likeness (QED) is 0.895. The SMILES string of the molecule is COC[C@@H](C)NC(=O)[C@H](C)N1c2cccc3cccc(c23)S1(=O)=O. The highest BCUT2D eigenvalue weighted by Crippen LogP contribution is 2.43. The first-order valence-corrected chi connectivity index (χ1v) is 9.17. The molecule has 0 saturated carbocycles. The number of anilines is 1. The summed E-state index contributed by atoms with van der Waals surface area (Å²) in [5, 5.41) is 4.30. The number of carbonyl (C=O) groups excluding carboxylic acids is 1. The van der Waals surface area contributed by atoms with Crippen LogP contribution in [-0.4, -0.2) is 40.1 Å². The Morgan fingerprint density at radius 1 is 1.21 bits per heavy atom. The van der Waals surface area contributed by atoms with Crippen LogP contribution in [0.3, 0.4) is 0 Å². The number of nitrogens with zero attached hydrogens (tertiary/aromatic N) is 1. The van der Waals surface area contributed by atoms with Crippen LogP contribution in [0.15, 0.2) is 41.3 Å². The molecule has 0 saturated heterocycles. The predicted molar refractivity (Wildman–Crippen MR) is 92.6 cm³/mol. The predicted octanol–water partition coefficient (Wildman–Crippen LogP) is 1.89. The van der Waals surface area contributed by atoms with Gasteiger partial charge in [-0.1, -0.05) is 24.3 Å². The summed E-state index contributed by atoms with van der Waals surface area (Å²) < 4.78 is 32.1. The summed E-state index contributed by atoms with van der Waals surface area (Å²) in [4.78, 5) is 12.8. The standard InChI is InChI=1S/C17H20N2O4S/c1-11(10-23-3)18-17(20)12(2)19-14-8-4-6-13-7-5-9-15(16(13)14)24(19,21)22/h4-9,11-12H,10H2,1-3H3,(H,18,20)/t11-,12+/m1/s1. The summed E-state index contributed by atoms with van der Waals surface area (Å²) >= 11 is 0. The summed E-state index contributed by atoms with van der Waals surface area (Å²) in [6.07, 6.45) is 0. The van der Waals surface area contributed by atoms with Gasteiger partial charge in [0.1, 0.15) is 6.04 Å². The smallest absolute Gasteiger partial charge is 0.265 e. The molecule has 0 bridgehead atoms. The monoisotopic (exact) mass is 348 g/mol. The van der Waals surface area contributed by atoms with E-state index >= 15 is 0 Å². The third-order valence-corrected chi connectivity index (χ3v) is 6.08. The van der Waals surface area contributed by atoms with Crippen molar-refractivity contribution in [2.45, 2.75) is 30.8 Å². The number of ether oxygens (including phenoxy) is 1. The van der Waals surface area contributed by atoms with E-state index in [2.05, 4.69) is 5.32 Å². The molecule has 0 aromatic heterocycles. The van der Waals surface area contributed by atoms with Gasteiger partial charge in [-0.05, 0) is 31.4 Å². The van der Waals surface area contributed by atoms with E-state index in [0.29, 0.717) is 17.7 Å². The lowest BCUT2D eigenvalue weighted by atomic mass is 10.1. The number of hydrogen-bond acceptors (Lipinski definition) is 4. The number of rotatable bonds is 5. The Kier molecular flexibility index (Phi) is 4.23. The Morgan fingerprint density at radius 3 is 2.54 bits per heavy atom. The molecule has 1 aliphatic rings. The first-order chi connectivity index (χ1) is 11.4. The second kappa shape index (κ2) is 6.07. The summed E-state index contributed by atoms with van der Waals surface area (Å²) in [6.45, 7) is 3.76. The van der Waals surface area contributed by atoms with Crippen molar-refractivity contribution in [1.29, 1.82) is 0 Å². The lowest BCUT2D eigenvalue weighted by Gasteiger charge is -2.26. The molecule has 0 spiro atoms. The Balaban J connectivity index is 2.01. The number of methoxy groups -OCH3 is 1. The van der Waals surface area contributed by atoms with Crippen LogP contribution in [0.2, 0.25) is 0 Å². The van der Waals surface area contributed by atoms with Gasteiger partial charge in [0.05, 0.1) is 17.2 Å². The molecule has 0 aliphatic carbocycles. The first-order valence-electron chi connectivity index (χ1n) is 7.73. The molecular formula is C17H20N2O4S. The van der Waals surface area contributed by atoms with Crippen LogP contribution < -0.4 is 9.62 Å². The molecule has 128 valence electrons. The topological polar surface area (TPSA) is 75.7 Å². The van der Waals surface area contributed by atoms with Gasteiger partial charge in [-0.2, -0.15) is 0 Å². The van der Waals surface area contributed by atoms with Crippen molar-refractivity contribution < 1.29 is 17.9 Å².